The fraction of sp³-hybridized carbons (Fsp3) is 0.400. The second-order valence-electron chi connectivity index (χ2n) is 7.33. The van der Waals surface area contributed by atoms with Crippen LogP contribution in [0.25, 0.3) is 0 Å². The third-order valence-corrected chi connectivity index (χ3v) is 8.70. The molecular weight excluding hydrogens is 499 g/mol. The van der Waals surface area contributed by atoms with Crippen molar-refractivity contribution in [2.75, 3.05) is 14.2 Å². The van der Waals surface area contributed by atoms with E-state index in [0.29, 0.717) is 12.8 Å². The molecule has 0 saturated heterocycles. The van der Waals surface area contributed by atoms with Crippen molar-refractivity contribution in [1.29, 1.82) is 0 Å². The van der Waals surface area contributed by atoms with Gasteiger partial charge in [0.25, 0.3) is 0 Å². The van der Waals surface area contributed by atoms with Gasteiger partial charge in [-0.05, 0) is 49.2 Å². The van der Waals surface area contributed by atoms with Crippen LogP contribution in [0.1, 0.15) is 25.7 Å². The molecule has 176 valence electrons. The summed E-state index contributed by atoms with van der Waals surface area (Å²) in [6.45, 7) is 0. The minimum atomic E-state index is -4.04. The van der Waals surface area contributed by atoms with Crippen molar-refractivity contribution in [3.05, 3.63) is 46.4 Å². The predicted octanol–water partition coefficient (Wildman–Crippen LogP) is 3.58. The Kier molecular flexibility index (Phi) is 7.95. The van der Waals surface area contributed by atoms with E-state index in [-0.39, 0.29) is 31.3 Å². The van der Waals surface area contributed by atoms with Gasteiger partial charge in [0, 0.05) is 22.1 Å². The first-order valence-electron chi connectivity index (χ1n) is 9.79. The number of hydrogen-bond donors (Lipinski definition) is 2. The Morgan fingerprint density at radius 2 is 1.12 bits per heavy atom. The molecule has 2 aromatic carbocycles. The number of halogens is 2. The summed E-state index contributed by atoms with van der Waals surface area (Å²) < 4.78 is 68.0. The predicted molar refractivity (Wildman–Crippen MR) is 123 cm³/mol. The zero-order valence-electron chi connectivity index (χ0n) is 17.5. The van der Waals surface area contributed by atoms with Crippen molar-refractivity contribution in [2.45, 2.75) is 47.6 Å². The molecule has 1 saturated carbocycles. The lowest BCUT2D eigenvalue weighted by atomic mass is 9.92. The van der Waals surface area contributed by atoms with E-state index in [4.69, 9.17) is 32.7 Å². The van der Waals surface area contributed by atoms with Gasteiger partial charge in [-0.15, -0.1) is 0 Å². The van der Waals surface area contributed by atoms with Crippen LogP contribution in [0.5, 0.6) is 11.5 Å². The summed E-state index contributed by atoms with van der Waals surface area (Å²) >= 11 is 12.0. The van der Waals surface area contributed by atoms with Crippen molar-refractivity contribution in [2.24, 2.45) is 0 Å². The summed E-state index contributed by atoms with van der Waals surface area (Å²) in [5.74, 6) is 0.275. The SMILES string of the molecule is COc1ccc(Cl)cc1S(=O)(=O)N[C@H]1CCCC[C@@H]1NS(=O)(=O)c1cc(Cl)ccc1OC. The summed E-state index contributed by atoms with van der Waals surface area (Å²) in [6.07, 6.45) is 2.42. The summed E-state index contributed by atoms with van der Waals surface area (Å²) in [5.41, 5.74) is 0. The van der Waals surface area contributed by atoms with Crippen LogP contribution < -0.4 is 18.9 Å². The number of sulfonamides is 2. The topological polar surface area (TPSA) is 111 Å². The minimum Gasteiger partial charge on any atom is -0.495 e. The molecule has 0 unspecified atom stereocenters. The van der Waals surface area contributed by atoms with Gasteiger partial charge in [-0.2, -0.15) is 0 Å². The molecule has 1 aliphatic carbocycles. The van der Waals surface area contributed by atoms with Gasteiger partial charge in [0.1, 0.15) is 21.3 Å². The average molecular weight is 523 g/mol. The zero-order valence-corrected chi connectivity index (χ0v) is 20.6. The average Bonchev–Trinajstić information content (AvgIpc) is 2.74. The van der Waals surface area contributed by atoms with E-state index in [1.807, 2.05) is 0 Å². The second kappa shape index (κ2) is 10.1. The van der Waals surface area contributed by atoms with E-state index in [9.17, 15) is 16.8 Å². The molecule has 3 rings (SSSR count). The largest absolute Gasteiger partial charge is 0.495 e. The number of hydrogen-bond acceptors (Lipinski definition) is 6. The van der Waals surface area contributed by atoms with Crippen molar-refractivity contribution < 1.29 is 26.3 Å². The van der Waals surface area contributed by atoms with E-state index in [1.54, 1.807) is 0 Å². The highest BCUT2D eigenvalue weighted by Crippen LogP contribution is 2.31. The van der Waals surface area contributed by atoms with Gasteiger partial charge < -0.3 is 9.47 Å². The molecule has 32 heavy (non-hydrogen) atoms. The Bertz CT molecular complexity index is 1100. The number of benzene rings is 2. The van der Waals surface area contributed by atoms with E-state index in [0.717, 1.165) is 12.8 Å². The maximum atomic E-state index is 13.1. The van der Waals surface area contributed by atoms with Gasteiger partial charge in [0.05, 0.1) is 14.2 Å². The number of ether oxygens (including phenoxy) is 2. The Labute approximate surface area is 198 Å². The monoisotopic (exact) mass is 522 g/mol. The lowest BCUT2D eigenvalue weighted by Crippen LogP contribution is -2.53. The fourth-order valence-electron chi connectivity index (χ4n) is 3.66. The lowest BCUT2D eigenvalue weighted by molar-refractivity contribution is 0.338. The first-order chi connectivity index (χ1) is 15.1. The Morgan fingerprint density at radius 1 is 0.750 bits per heavy atom. The molecule has 0 amide bonds. The molecule has 0 radical (unpaired) electrons. The maximum absolute atomic E-state index is 13.1. The molecule has 0 spiro atoms. The Balaban J connectivity index is 1.89. The smallest absolute Gasteiger partial charge is 0.244 e. The highest BCUT2D eigenvalue weighted by Gasteiger charge is 2.34. The summed E-state index contributed by atoms with van der Waals surface area (Å²) in [5, 5.41) is 0.472. The van der Waals surface area contributed by atoms with Gasteiger partial charge in [-0.3, -0.25) is 0 Å². The third kappa shape index (κ3) is 5.67. The summed E-state index contributed by atoms with van der Waals surface area (Å²) in [7, 11) is -5.36. The molecule has 12 heteroatoms. The summed E-state index contributed by atoms with van der Waals surface area (Å²) in [4.78, 5) is -0.229. The van der Waals surface area contributed by atoms with Crippen LogP contribution in [0.3, 0.4) is 0 Å². The Hall–Kier alpha value is -1.56. The van der Waals surface area contributed by atoms with Gasteiger partial charge in [0.2, 0.25) is 20.0 Å². The minimum absolute atomic E-state index is 0.115. The van der Waals surface area contributed by atoms with Gasteiger partial charge in [-0.25, -0.2) is 26.3 Å². The van der Waals surface area contributed by atoms with Crippen molar-refractivity contribution in [3.63, 3.8) is 0 Å². The quantitative estimate of drug-likeness (QED) is 0.548. The molecule has 2 atom stereocenters. The van der Waals surface area contributed by atoms with Crippen LogP contribution in [0, 0.1) is 0 Å². The number of rotatable bonds is 8. The first kappa shape index (κ1) is 25.1. The van der Waals surface area contributed by atoms with Gasteiger partial charge in [0.15, 0.2) is 0 Å². The Morgan fingerprint density at radius 3 is 1.47 bits per heavy atom. The number of methoxy groups -OCH3 is 2. The molecular formula is C20H24Cl2N2O6S2. The molecule has 8 nitrogen and oxygen atoms in total. The van der Waals surface area contributed by atoms with Crippen molar-refractivity contribution >= 4 is 43.2 Å². The van der Waals surface area contributed by atoms with Crippen LogP contribution in [0.2, 0.25) is 10.0 Å². The maximum Gasteiger partial charge on any atom is 0.244 e. The van der Waals surface area contributed by atoms with E-state index >= 15 is 0 Å². The highest BCUT2D eigenvalue weighted by molar-refractivity contribution is 7.90. The van der Waals surface area contributed by atoms with Crippen molar-refractivity contribution in [1.82, 2.24) is 9.44 Å². The highest BCUT2D eigenvalue weighted by atomic mass is 35.5. The fourth-order valence-corrected chi connectivity index (χ4v) is 7.15. The van der Waals surface area contributed by atoms with Crippen LogP contribution in [0.15, 0.2) is 46.2 Å². The zero-order chi connectivity index (χ0) is 23.5. The molecule has 1 fully saturated rings. The molecule has 0 aliphatic heterocycles. The molecule has 2 N–H and O–H groups in total. The standard InChI is InChI=1S/C20H24Cl2N2O6S2/c1-29-17-9-7-13(21)11-19(17)31(25,26)23-15-5-3-4-6-16(15)24-32(27,28)20-12-14(22)8-10-18(20)30-2/h7-12,15-16,23-24H,3-6H2,1-2H3/t15-,16-/m0/s1. The van der Waals surface area contributed by atoms with E-state index in [1.165, 1.54) is 50.6 Å². The molecule has 0 heterocycles. The van der Waals surface area contributed by atoms with Crippen LogP contribution >= 0.6 is 23.2 Å². The lowest BCUT2D eigenvalue weighted by Gasteiger charge is -2.32. The van der Waals surface area contributed by atoms with Crippen LogP contribution in [-0.2, 0) is 20.0 Å². The second-order valence-corrected chi connectivity index (χ2v) is 11.6. The van der Waals surface area contributed by atoms with E-state index < -0.39 is 32.1 Å². The van der Waals surface area contributed by atoms with Crippen LogP contribution in [-0.4, -0.2) is 43.1 Å². The summed E-state index contributed by atoms with van der Waals surface area (Å²) in [6, 6.07) is 7.22. The van der Waals surface area contributed by atoms with Crippen molar-refractivity contribution in [3.8, 4) is 11.5 Å². The first-order valence-corrected chi connectivity index (χ1v) is 13.5. The molecule has 0 bridgehead atoms. The molecule has 1 aliphatic rings. The van der Waals surface area contributed by atoms with Gasteiger partial charge >= 0.3 is 0 Å². The molecule has 0 aromatic heterocycles. The van der Waals surface area contributed by atoms with Gasteiger partial charge in [-0.1, -0.05) is 36.0 Å². The molecule has 2 aromatic rings. The van der Waals surface area contributed by atoms with Crippen LogP contribution in [0.4, 0.5) is 0 Å². The van der Waals surface area contributed by atoms with E-state index in [2.05, 4.69) is 9.44 Å². The number of nitrogens with one attached hydrogen (secondary N) is 2. The third-order valence-electron chi connectivity index (χ3n) is 5.21. The normalized spacial score (nSPS) is 19.5.